The summed E-state index contributed by atoms with van der Waals surface area (Å²) in [5, 5.41) is 0. The highest BCUT2D eigenvalue weighted by atomic mass is 28.4. The van der Waals surface area contributed by atoms with E-state index in [1.165, 1.54) is 25.7 Å². The zero-order chi connectivity index (χ0) is 20.0. The van der Waals surface area contributed by atoms with Gasteiger partial charge in [-0.15, -0.1) is 0 Å². The molecule has 0 amide bonds. The summed E-state index contributed by atoms with van der Waals surface area (Å²) in [5.41, 5.74) is 0.524. The van der Waals surface area contributed by atoms with Gasteiger partial charge in [-0.05, 0) is 69.1 Å². The van der Waals surface area contributed by atoms with Crippen LogP contribution in [-0.4, -0.2) is 29.7 Å². The molecule has 0 aromatic carbocycles. The van der Waals surface area contributed by atoms with E-state index in [1.807, 2.05) is 6.92 Å². The minimum atomic E-state index is -2.08. The Bertz CT molecular complexity index is 413. The lowest BCUT2D eigenvalue weighted by molar-refractivity contribution is -0.139. The fraction of sp³-hybridized carbons (Fsp3) is 0.952. The molecule has 0 aromatic rings. The van der Waals surface area contributed by atoms with Crippen LogP contribution in [0, 0.1) is 17.8 Å². The van der Waals surface area contributed by atoms with Crippen molar-refractivity contribution in [2.45, 2.75) is 110 Å². The summed E-state index contributed by atoms with van der Waals surface area (Å²) in [5.74, 6) is 1.16. The normalized spacial score (nSPS) is 17.9. The highest BCUT2D eigenvalue weighted by molar-refractivity contribution is 6.76. The topological polar surface area (TPSA) is 35.5 Å². The van der Waals surface area contributed by atoms with Crippen LogP contribution in [0.25, 0.3) is 0 Å². The Balaban J connectivity index is 2.83. The maximum atomic E-state index is 13.0. The molecule has 0 saturated heterocycles. The van der Waals surface area contributed by atoms with Crippen LogP contribution in [0.4, 0.5) is 0 Å². The summed E-state index contributed by atoms with van der Waals surface area (Å²) in [6, 6.07) is 3.01. The predicted molar refractivity (Wildman–Crippen MR) is 114 cm³/mol. The summed E-state index contributed by atoms with van der Waals surface area (Å²) < 4.78 is 12.4. The third kappa shape index (κ3) is 8.26. The van der Waals surface area contributed by atoms with Crippen molar-refractivity contribution < 1.29 is 13.6 Å². The molecule has 1 unspecified atom stereocenters. The highest BCUT2D eigenvalue weighted by Crippen LogP contribution is 2.46. The van der Waals surface area contributed by atoms with Crippen LogP contribution in [0.3, 0.4) is 0 Å². The molecule has 0 bridgehead atoms. The number of carbonyl (C=O) groups excluding carboxylic acids is 1. The Labute approximate surface area is 166 Å². The van der Waals surface area contributed by atoms with Gasteiger partial charge in [0.25, 0.3) is 14.3 Å². The molecule has 1 atom stereocenters. The van der Waals surface area contributed by atoms with E-state index in [0.717, 1.165) is 18.1 Å². The van der Waals surface area contributed by atoms with E-state index in [1.54, 1.807) is 0 Å². The number of rotatable bonds is 10. The van der Waals surface area contributed by atoms with Crippen molar-refractivity contribution >= 4 is 24.0 Å². The first-order valence-electron chi connectivity index (χ1n) is 10.6. The molecule has 1 fully saturated rings. The molecule has 0 aromatic heterocycles. The minimum Gasteiger partial charge on any atom is -0.519 e. The van der Waals surface area contributed by atoms with Crippen molar-refractivity contribution in [2.24, 2.45) is 17.8 Å². The molecule has 3 nitrogen and oxygen atoms in total. The van der Waals surface area contributed by atoms with Crippen molar-refractivity contribution in [3.8, 4) is 0 Å². The third-order valence-electron chi connectivity index (χ3n) is 5.08. The highest BCUT2D eigenvalue weighted by Gasteiger charge is 2.48. The van der Waals surface area contributed by atoms with E-state index in [9.17, 15) is 4.79 Å². The molecule has 1 rings (SSSR count). The van der Waals surface area contributed by atoms with Gasteiger partial charge in [-0.3, -0.25) is 4.79 Å². The van der Waals surface area contributed by atoms with Crippen LogP contribution in [0.15, 0.2) is 0 Å². The first kappa shape index (κ1) is 23.9. The van der Waals surface area contributed by atoms with Gasteiger partial charge in [0.1, 0.15) is 0 Å². The molecular weight excluding hydrogens is 356 g/mol. The molecule has 1 saturated carbocycles. The van der Waals surface area contributed by atoms with Crippen LogP contribution in [-0.2, 0) is 13.6 Å². The Hall–Kier alpha value is -0.136. The van der Waals surface area contributed by atoms with Crippen LogP contribution in [0.5, 0.6) is 0 Å². The Morgan fingerprint density at radius 3 is 1.96 bits per heavy atom. The van der Waals surface area contributed by atoms with Crippen molar-refractivity contribution in [2.75, 3.05) is 0 Å². The summed E-state index contributed by atoms with van der Waals surface area (Å²) in [6.45, 7) is 17.3. The van der Waals surface area contributed by atoms with E-state index >= 15 is 0 Å². The molecule has 5 heteroatoms. The smallest absolute Gasteiger partial charge is 0.295 e. The zero-order valence-electron chi connectivity index (χ0n) is 18.5. The molecule has 0 N–H and O–H groups in total. The molecule has 0 spiro atoms. The molecule has 152 valence electrons. The van der Waals surface area contributed by atoms with Crippen LogP contribution < -0.4 is 0 Å². The standard InChI is InChI=1S/C21H42O3Si2/c1-16(2)14-26(15-17(3)4,19-11-9-10-12-19)23-20(22)18(5)13-25-24-21(6,7)8/h16-19H,9-15H2,1-8H3. The van der Waals surface area contributed by atoms with Crippen molar-refractivity contribution in [3.63, 3.8) is 0 Å². The lowest BCUT2D eigenvalue weighted by atomic mass is 10.2. The Kier molecular flexibility index (Phi) is 9.58. The lowest BCUT2D eigenvalue weighted by Crippen LogP contribution is -2.47. The summed E-state index contributed by atoms with van der Waals surface area (Å²) in [4.78, 5) is 13.0. The molecule has 0 aliphatic heterocycles. The first-order valence-corrected chi connectivity index (χ1v) is 14.1. The second-order valence-electron chi connectivity index (χ2n) is 10.1. The monoisotopic (exact) mass is 398 g/mol. The maximum absolute atomic E-state index is 13.0. The Morgan fingerprint density at radius 1 is 1.04 bits per heavy atom. The van der Waals surface area contributed by atoms with Gasteiger partial charge in [-0.1, -0.05) is 47.5 Å². The average molecular weight is 399 g/mol. The van der Waals surface area contributed by atoms with Gasteiger partial charge in [0.2, 0.25) is 9.76 Å². The van der Waals surface area contributed by atoms with Crippen molar-refractivity contribution in [3.05, 3.63) is 0 Å². The lowest BCUT2D eigenvalue weighted by Gasteiger charge is -2.39. The van der Waals surface area contributed by atoms with E-state index in [-0.39, 0.29) is 17.5 Å². The van der Waals surface area contributed by atoms with Gasteiger partial charge in [0.05, 0.1) is 5.92 Å². The molecule has 2 radical (unpaired) electrons. The number of hydrogen-bond acceptors (Lipinski definition) is 3. The molecule has 26 heavy (non-hydrogen) atoms. The number of carbonyl (C=O) groups is 1. The largest absolute Gasteiger partial charge is 0.519 e. The predicted octanol–water partition coefficient (Wildman–Crippen LogP) is 6.22. The SMILES string of the molecule is CC(C)C[Si](CC(C)C)(OC(=O)C(C)C[Si]OC(C)(C)C)C1CCCC1. The second-order valence-corrected chi connectivity index (χ2v) is 15.0. The summed E-state index contributed by atoms with van der Waals surface area (Å²) in [7, 11) is -1.72. The van der Waals surface area contributed by atoms with Gasteiger partial charge >= 0.3 is 0 Å². The average Bonchev–Trinajstić information content (AvgIpc) is 2.98. The Morgan fingerprint density at radius 2 is 1.54 bits per heavy atom. The van der Waals surface area contributed by atoms with E-state index in [4.69, 9.17) is 8.85 Å². The van der Waals surface area contributed by atoms with Gasteiger partial charge in [0.15, 0.2) is 0 Å². The van der Waals surface area contributed by atoms with E-state index in [2.05, 4.69) is 48.5 Å². The molecule has 0 heterocycles. The summed E-state index contributed by atoms with van der Waals surface area (Å²) in [6.07, 6.45) is 5.15. The third-order valence-corrected chi connectivity index (χ3v) is 12.3. The van der Waals surface area contributed by atoms with Crippen LogP contribution in [0.1, 0.15) is 81.1 Å². The maximum Gasteiger partial charge on any atom is 0.295 e. The molecule has 1 aliphatic rings. The summed E-state index contributed by atoms with van der Waals surface area (Å²) >= 11 is 0. The first-order chi connectivity index (χ1) is 11.9. The second kappa shape index (κ2) is 10.4. The van der Waals surface area contributed by atoms with Crippen molar-refractivity contribution in [1.82, 2.24) is 0 Å². The number of hydrogen-bond donors (Lipinski definition) is 0. The van der Waals surface area contributed by atoms with Gasteiger partial charge in [-0.25, -0.2) is 0 Å². The fourth-order valence-corrected chi connectivity index (χ4v) is 11.1. The zero-order valence-corrected chi connectivity index (χ0v) is 20.5. The van der Waals surface area contributed by atoms with Crippen molar-refractivity contribution in [1.29, 1.82) is 0 Å². The van der Waals surface area contributed by atoms with Crippen LogP contribution >= 0.6 is 0 Å². The van der Waals surface area contributed by atoms with Gasteiger partial charge < -0.3 is 8.85 Å². The minimum absolute atomic E-state index is 0.0369. The van der Waals surface area contributed by atoms with Gasteiger partial charge in [-0.2, -0.15) is 0 Å². The van der Waals surface area contributed by atoms with Gasteiger partial charge in [0, 0.05) is 5.60 Å². The quantitative estimate of drug-likeness (QED) is 0.410. The van der Waals surface area contributed by atoms with Crippen LogP contribution in [0.2, 0.25) is 23.7 Å². The molecule has 1 aliphatic carbocycles. The fourth-order valence-electron chi connectivity index (χ4n) is 4.18. The van der Waals surface area contributed by atoms with E-state index in [0.29, 0.717) is 27.1 Å². The van der Waals surface area contributed by atoms with E-state index < -0.39 is 8.32 Å². The molecular formula is C21H42O3Si2.